The van der Waals surface area contributed by atoms with Crippen molar-refractivity contribution < 1.29 is 9.90 Å². The second-order valence-electron chi connectivity index (χ2n) is 5.67. The maximum Gasteiger partial charge on any atom is 0.320 e. The average Bonchev–Trinajstić information content (AvgIpc) is 2.93. The largest absolute Gasteiger partial charge is 0.480 e. The van der Waals surface area contributed by atoms with E-state index < -0.39 is 12.0 Å². The molecule has 1 aromatic rings. The summed E-state index contributed by atoms with van der Waals surface area (Å²) in [4.78, 5) is 16.7. The first-order chi connectivity index (χ1) is 9.97. The monoisotopic (exact) mass is 293 g/mol. The fourth-order valence-electron chi connectivity index (χ4n) is 2.40. The second-order valence-corrected chi connectivity index (χ2v) is 5.67. The van der Waals surface area contributed by atoms with Crippen molar-refractivity contribution >= 4 is 5.97 Å². The number of carbonyl (C=O) groups is 1. The Labute approximate surface area is 127 Å². The van der Waals surface area contributed by atoms with Crippen LogP contribution in [0, 0.1) is 5.92 Å². The van der Waals surface area contributed by atoms with Gasteiger partial charge in [-0.15, -0.1) is 0 Å². The minimum absolute atomic E-state index is 0.0718. The first-order valence-corrected chi connectivity index (χ1v) is 7.55. The van der Waals surface area contributed by atoms with E-state index in [-0.39, 0.29) is 5.92 Å². The van der Waals surface area contributed by atoms with Crippen molar-refractivity contribution in [2.24, 2.45) is 11.7 Å². The van der Waals surface area contributed by atoms with Crippen molar-refractivity contribution in [3.8, 4) is 0 Å². The molecule has 3 atom stereocenters. The first kappa shape index (κ1) is 17.6. The topological polar surface area (TPSA) is 79.5 Å². The SMILES string of the molecule is CCC(C)C(N)C(=O)O.CN1CCCC1c1cccnc1. The molecule has 0 spiro atoms. The van der Waals surface area contributed by atoms with Crippen molar-refractivity contribution in [1.82, 2.24) is 9.88 Å². The second kappa shape index (κ2) is 8.74. The molecule has 2 heterocycles. The maximum absolute atomic E-state index is 10.2. The number of rotatable bonds is 4. The highest BCUT2D eigenvalue weighted by Crippen LogP contribution is 2.29. The molecule has 1 fully saturated rings. The van der Waals surface area contributed by atoms with Crippen LogP contribution >= 0.6 is 0 Å². The highest BCUT2D eigenvalue weighted by atomic mass is 16.4. The first-order valence-electron chi connectivity index (χ1n) is 7.55. The Kier molecular flexibility index (Phi) is 7.32. The molecule has 1 saturated heterocycles. The lowest BCUT2D eigenvalue weighted by Crippen LogP contribution is -2.36. The fraction of sp³-hybridized carbons (Fsp3) is 0.625. The number of aromatic nitrogens is 1. The summed E-state index contributed by atoms with van der Waals surface area (Å²) in [6, 6.07) is 4.09. The highest BCUT2D eigenvalue weighted by Gasteiger charge is 2.22. The molecule has 2 rings (SSSR count). The molecule has 3 unspecified atom stereocenters. The van der Waals surface area contributed by atoms with Gasteiger partial charge in [-0.3, -0.25) is 14.7 Å². The van der Waals surface area contributed by atoms with E-state index >= 15 is 0 Å². The molecule has 1 aliphatic rings. The van der Waals surface area contributed by atoms with Crippen LogP contribution < -0.4 is 5.73 Å². The summed E-state index contributed by atoms with van der Waals surface area (Å²) in [6.45, 7) is 4.98. The molecule has 0 saturated carbocycles. The summed E-state index contributed by atoms with van der Waals surface area (Å²) in [5.41, 5.74) is 6.63. The van der Waals surface area contributed by atoms with Crippen molar-refractivity contribution in [2.45, 2.75) is 45.2 Å². The third-order valence-electron chi connectivity index (χ3n) is 4.13. The van der Waals surface area contributed by atoms with E-state index in [4.69, 9.17) is 10.8 Å². The van der Waals surface area contributed by atoms with Crippen LogP contribution in [-0.2, 0) is 4.79 Å². The molecule has 118 valence electrons. The van der Waals surface area contributed by atoms with E-state index in [1.165, 1.54) is 24.9 Å². The van der Waals surface area contributed by atoms with E-state index in [1.54, 1.807) is 0 Å². The normalized spacial score (nSPS) is 21.2. The molecule has 5 nitrogen and oxygen atoms in total. The minimum atomic E-state index is -0.913. The molecule has 0 amide bonds. The van der Waals surface area contributed by atoms with Crippen LogP contribution in [0.3, 0.4) is 0 Å². The zero-order chi connectivity index (χ0) is 15.8. The van der Waals surface area contributed by atoms with E-state index in [2.05, 4.69) is 23.0 Å². The summed E-state index contributed by atoms with van der Waals surface area (Å²) in [5.74, 6) is -0.841. The highest BCUT2D eigenvalue weighted by molar-refractivity contribution is 5.73. The van der Waals surface area contributed by atoms with Crippen molar-refractivity contribution in [2.75, 3.05) is 13.6 Å². The van der Waals surface area contributed by atoms with Crippen LogP contribution in [-0.4, -0.2) is 40.6 Å². The number of nitrogens with zero attached hydrogens (tertiary/aromatic N) is 2. The number of aliphatic carboxylic acids is 1. The number of pyridine rings is 1. The van der Waals surface area contributed by atoms with Crippen molar-refractivity contribution in [3.63, 3.8) is 0 Å². The Balaban J connectivity index is 0.000000222. The van der Waals surface area contributed by atoms with Gasteiger partial charge in [0, 0.05) is 18.4 Å². The quantitative estimate of drug-likeness (QED) is 0.890. The van der Waals surface area contributed by atoms with Gasteiger partial charge in [-0.2, -0.15) is 0 Å². The fourth-order valence-corrected chi connectivity index (χ4v) is 2.40. The van der Waals surface area contributed by atoms with E-state index in [1.807, 2.05) is 32.3 Å². The summed E-state index contributed by atoms with van der Waals surface area (Å²) < 4.78 is 0. The Morgan fingerprint density at radius 1 is 1.62 bits per heavy atom. The Morgan fingerprint density at radius 2 is 2.33 bits per heavy atom. The predicted molar refractivity (Wildman–Crippen MR) is 83.9 cm³/mol. The van der Waals surface area contributed by atoms with Gasteiger partial charge in [0.05, 0.1) is 0 Å². The van der Waals surface area contributed by atoms with E-state index in [0.29, 0.717) is 6.04 Å². The van der Waals surface area contributed by atoms with Gasteiger partial charge in [-0.1, -0.05) is 26.3 Å². The molecule has 3 N–H and O–H groups in total. The number of nitrogens with two attached hydrogens (primary N) is 1. The van der Waals surface area contributed by atoms with Crippen LogP contribution in [0.5, 0.6) is 0 Å². The summed E-state index contributed by atoms with van der Waals surface area (Å²) in [5, 5.41) is 8.36. The summed E-state index contributed by atoms with van der Waals surface area (Å²) in [6.07, 6.45) is 7.22. The zero-order valence-corrected chi connectivity index (χ0v) is 13.2. The molecule has 0 aromatic carbocycles. The molecule has 1 aliphatic heterocycles. The van der Waals surface area contributed by atoms with Gasteiger partial charge in [-0.05, 0) is 44.0 Å². The van der Waals surface area contributed by atoms with Crippen LogP contribution in [0.15, 0.2) is 24.5 Å². The molecule has 0 aliphatic carbocycles. The molecule has 0 bridgehead atoms. The van der Waals surface area contributed by atoms with Crippen LogP contribution in [0.4, 0.5) is 0 Å². The molecule has 1 aromatic heterocycles. The van der Waals surface area contributed by atoms with Gasteiger partial charge >= 0.3 is 5.97 Å². The molecule has 0 radical (unpaired) electrons. The molecular formula is C16H27N3O2. The van der Waals surface area contributed by atoms with Gasteiger partial charge in [0.25, 0.3) is 0 Å². The van der Waals surface area contributed by atoms with Gasteiger partial charge < -0.3 is 10.8 Å². The van der Waals surface area contributed by atoms with Crippen molar-refractivity contribution in [3.05, 3.63) is 30.1 Å². The Morgan fingerprint density at radius 3 is 2.71 bits per heavy atom. The number of carboxylic acid groups (broad SMARTS) is 1. The van der Waals surface area contributed by atoms with Crippen LogP contribution in [0.25, 0.3) is 0 Å². The number of hydrogen-bond acceptors (Lipinski definition) is 4. The third-order valence-corrected chi connectivity index (χ3v) is 4.13. The Bertz CT molecular complexity index is 425. The Hall–Kier alpha value is -1.46. The smallest absolute Gasteiger partial charge is 0.320 e. The van der Waals surface area contributed by atoms with Gasteiger partial charge in [-0.25, -0.2) is 0 Å². The third kappa shape index (κ3) is 5.44. The lowest BCUT2D eigenvalue weighted by molar-refractivity contribution is -0.139. The lowest BCUT2D eigenvalue weighted by Gasteiger charge is -2.18. The molecular weight excluding hydrogens is 266 g/mol. The van der Waals surface area contributed by atoms with Gasteiger partial charge in [0.1, 0.15) is 6.04 Å². The van der Waals surface area contributed by atoms with E-state index in [0.717, 1.165) is 6.42 Å². The number of hydrogen-bond donors (Lipinski definition) is 2. The lowest BCUT2D eigenvalue weighted by atomic mass is 10.0. The minimum Gasteiger partial charge on any atom is -0.480 e. The number of likely N-dealkylation sites (tertiary alicyclic amines) is 1. The zero-order valence-electron chi connectivity index (χ0n) is 13.2. The standard InChI is InChI=1S/C10H14N2.C6H13NO2/c1-12-7-3-5-10(12)9-4-2-6-11-8-9;1-3-4(2)5(7)6(8)9/h2,4,6,8,10H,3,5,7H2,1H3;4-5H,3,7H2,1-2H3,(H,8,9). The van der Waals surface area contributed by atoms with Gasteiger partial charge in [0.15, 0.2) is 0 Å². The summed E-state index contributed by atoms with van der Waals surface area (Å²) in [7, 11) is 2.19. The number of carboxylic acids is 1. The maximum atomic E-state index is 10.2. The van der Waals surface area contributed by atoms with Gasteiger partial charge in [0.2, 0.25) is 0 Å². The van der Waals surface area contributed by atoms with E-state index in [9.17, 15) is 4.79 Å². The average molecular weight is 293 g/mol. The van der Waals surface area contributed by atoms with Crippen LogP contribution in [0.2, 0.25) is 0 Å². The van der Waals surface area contributed by atoms with Crippen LogP contribution in [0.1, 0.15) is 44.7 Å². The van der Waals surface area contributed by atoms with Crippen molar-refractivity contribution in [1.29, 1.82) is 0 Å². The summed E-state index contributed by atoms with van der Waals surface area (Å²) >= 11 is 0. The molecule has 5 heteroatoms. The molecule has 21 heavy (non-hydrogen) atoms. The predicted octanol–water partition coefficient (Wildman–Crippen LogP) is 2.29.